The van der Waals surface area contributed by atoms with E-state index in [1.54, 1.807) is 30.3 Å². The minimum atomic E-state index is -1.63. The van der Waals surface area contributed by atoms with Crippen molar-refractivity contribution in [2.24, 2.45) is 0 Å². The van der Waals surface area contributed by atoms with Crippen molar-refractivity contribution in [2.45, 2.75) is 43.2 Å². The molecule has 0 aliphatic carbocycles. The van der Waals surface area contributed by atoms with E-state index in [2.05, 4.69) is 0 Å². The largest absolute Gasteiger partial charge is 0.479 e. The summed E-state index contributed by atoms with van der Waals surface area (Å²) in [5, 5.41) is 47.6. The number of benzene rings is 1. The van der Waals surface area contributed by atoms with Crippen molar-refractivity contribution in [1.29, 1.82) is 0 Å². The average Bonchev–Trinajstić information content (AvgIpc) is 2.55. The summed E-state index contributed by atoms with van der Waals surface area (Å²) in [6.07, 6.45) is -8.68. The van der Waals surface area contributed by atoms with Gasteiger partial charge in [0.1, 0.15) is 24.4 Å². The standard InChI is InChI=1S/C15H20O8/c16-7-10-11(17)12(18)13(19)15(23-10)22-9(14(20)21)6-8-4-2-1-3-5-8/h1-5,9-13,15-19H,6-7H2,(H,20,21)/t9-,10-,11-,12+,13-,15-/m1/s1. The Labute approximate surface area is 132 Å². The van der Waals surface area contributed by atoms with E-state index in [0.717, 1.165) is 0 Å². The quantitative estimate of drug-likeness (QED) is 0.425. The molecule has 2 rings (SSSR count). The lowest BCUT2D eigenvalue weighted by molar-refractivity contribution is -0.309. The molecule has 8 nitrogen and oxygen atoms in total. The fourth-order valence-corrected chi connectivity index (χ4v) is 2.36. The summed E-state index contributed by atoms with van der Waals surface area (Å²) in [5.74, 6) is -1.26. The monoisotopic (exact) mass is 328 g/mol. The Bertz CT molecular complexity index is 505. The number of aliphatic carboxylic acids is 1. The summed E-state index contributed by atoms with van der Waals surface area (Å²) in [7, 11) is 0. The van der Waals surface area contributed by atoms with Crippen LogP contribution in [-0.4, -0.2) is 74.9 Å². The Morgan fingerprint density at radius 1 is 1.13 bits per heavy atom. The fraction of sp³-hybridized carbons (Fsp3) is 0.533. The Kier molecular flexibility index (Phi) is 6.05. The van der Waals surface area contributed by atoms with Crippen LogP contribution in [-0.2, 0) is 20.7 Å². The van der Waals surface area contributed by atoms with Gasteiger partial charge in [-0.05, 0) is 5.56 Å². The van der Waals surface area contributed by atoms with E-state index in [4.69, 9.17) is 14.6 Å². The maximum Gasteiger partial charge on any atom is 0.333 e. The van der Waals surface area contributed by atoms with Gasteiger partial charge in [0.05, 0.1) is 6.61 Å². The van der Waals surface area contributed by atoms with Gasteiger partial charge in [-0.2, -0.15) is 0 Å². The molecule has 5 N–H and O–H groups in total. The lowest BCUT2D eigenvalue weighted by Gasteiger charge is -2.40. The normalized spacial score (nSPS) is 32.4. The second-order valence-corrected chi connectivity index (χ2v) is 5.35. The SMILES string of the molecule is O=C(O)[C@@H](Cc1ccccc1)O[C@@H]1O[C@H](CO)[C@@H](O)[C@H](O)[C@H]1O. The Hall–Kier alpha value is -1.55. The third-order valence-electron chi connectivity index (χ3n) is 3.69. The highest BCUT2D eigenvalue weighted by Crippen LogP contribution is 2.23. The van der Waals surface area contributed by atoms with Crippen molar-refractivity contribution >= 4 is 5.97 Å². The molecule has 1 heterocycles. The highest BCUT2D eigenvalue weighted by atomic mass is 16.7. The summed E-state index contributed by atoms with van der Waals surface area (Å²) in [4.78, 5) is 11.4. The van der Waals surface area contributed by atoms with Gasteiger partial charge >= 0.3 is 5.97 Å². The molecule has 1 aliphatic heterocycles. The molecule has 0 radical (unpaired) electrons. The number of carboxylic acids is 1. The van der Waals surface area contributed by atoms with Gasteiger partial charge in [0.25, 0.3) is 0 Å². The van der Waals surface area contributed by atoms with Crippen molar-refractivity contribution in [2.75, 3.05) is 6.61 Å². The van der Waals surface area contributed by atoms with Crippen LogP contribution in [0.1, 0.15) is 5.56 Å². The molecule has 0 aromatic heterocycles. The molecule has 1 aromatic carbocycles. The highest BCUT2D eigenvalue weighted by molar-refractivity contribution is 5.72. The van der Waals surface area contributed by atoms with Gasteiger partial charge in [-0.25, -0.2) is 4.79 Å². The molecule has 1 saturated heterocycles. The minimum absolute atomic E-state index is 0.0329. The van der Waals surface area contributed by atoms with Gasteiger partial charge in [-0.3, -0.25) is 0 Å². The number of hydrogen-bond donors (Lipinski definition) is 5. The topological polar surface area (TPSA) is 137 Å². The maximum absolute atomic E-state index is 11.4. The van der Waals surface area contributed by atoms with Crippen LogP contribution in [0.3, 0.4) is 0 Å². The molecule has 1 fully saturated rings. The molecule has 0 spiro atoms. The lowest BCUT2D eigenvalue weighted by Crippen LogP contribution is -2.60. The maximum atomic E-state index is 11.4. The lowest BCUT2D eigenvalue weighted by atomic mass is 9.99. The van der Waals surface area contributed by atoms with E-state index in [1.165, 1.54) is 0 Å². The van der Waals surface area contributed by atoms with Gasteiger partial charge in [-0.1, -0.05) is 30.3 Å². The molecule has 0 amide bonds. The van der Waals surface area contributed by atoms with Crippen LogP contribution in [0.4, 0.5) is 0 Å². The molecule has 0 bridgehead atoms. The van der Waals surface area contributed by atoms with Crippen LogP contribution in [0.5, 0.6) is 0 Å². The molecule has 1 aliphatic rings. The first kappa shape index (κ1) is 17.8. The summed E-state index contributed by atoms with van der Waals surface area (Å²) < 4.78 is 10.4. The highest BCUT2D eigenvalue weighted by Gasteiger charge is 2.45. The predicted octanol–water partition coefficient (Wildman–Crippen LogP) is -1.50. The first-order valence-corrected chi connectivity index (χ1v) is 7.16. The summed E-state index contributed by atoms with van der Waals surface area (Å²) in [5.41, 5.74) is 0.712. The Morgan fingerprint density at radius 3 is 2.35 bits per heavy atom. The second-order valence-electron chi connectivity index (χ2n) is 5.35. The summed E-state index contributed by atoms with van der Waals surface area (Å²) in [6.45, 7) is -0.610. The van der Waals surface area contributed by atoms with E-state index < -0.39 is 49.4 Å². The van der Waals surface area contributed by atoms with Crippen molar-refractivity contribution in [3.05, 3.63) is 35.9 Å². The van der Waals surface area contributed by atoms with Gasteiger partial charge in [0.2, 0.25) is 0 Å². The van der Waals surface area contributed by atoms with E-state index in [9.17, 15) is 25.2 Å². The second kappa shape index (κ2) is 7.82. The average molecular weight is 328 g/mol. The van der Waals surface area contributed by atoms with Gasteiger partial charge in [-0.15, -0.1) is 0 Å². The van der Waals surface area contributed by atoms with Crippen molar-refractivity contribution in [3.8, 4) is 0 Å². The molecule has 8 heteroatoms. The number of aliphatic hydroxyl groups excluding tert-OH is 4. The first-order valence-electron chi connectivity index (χ1n) is 7.16. The fourth-order valence-electron chi connectivity index (χ4n) is 2.36. The van der Waals surface area contributed by atoms with E-state index in [-0.39, 0.29) is 6.42 Å². The van der Waals surface area contributed by atoms with Crippen LogP contribution in [0.15, 0.2) is 30.3 Å². The van der Waals surface area contributed by atoms with E-state index >= 15 is 0 Å². The van der Waals surface area contributed by atoms with Crippen LogP contribution < -0.4 is 0 Å². The third kappa shape index (κ3) is 4.25. The third-order valence-corrected chi connectivity index (χ3v) is 3.69. The van der Waals surface area contributed by atoms with Gasteiger partial charge < -0.3 is 35.0 Å². The van der Waals surface area contributed by atoms with Crippen LogP contribution in [0, 0.1) is 0 Å². The molecule has 128 valence electrons. The zero-order chi connectivity index (χ0) is 17.0. The number of aliphatic hydroxyl groups is 4. The predicted molar refractivity (Wildman–Crippen MR) is 76.4 cm³/mol. The first-order chi connectivity index (χ1) is 10.9. The van der Waals surface area contributed by atoms with Crippen molar-refractivity contribution in [1.82, 2.24) is 0 Å². The minimum Gasteiger partial charge on any atom is -0.479 e. The molecule has 0 saturated carbocycles. The number of ether oxygens (including phenoxy) is 2. The van der Waals surface area contributed by atoms with Crippen molar-refractivity contribution < 1.29 is 39.8 Å². The number of carbonyl (C=O) groups is 1. The molecule has 23 heavy (non-hydrogen) atoms. The molecule has 6 atom stereocenters. The Balaban J connectivity index is 2.08. The van der Waals surface area contributed by atoms with Gasteiger partial charge in [0.15, 0.2) is 12.4 Å². The smallest absolute Gasteiger partial charge is 0.333 e. The van der Waals surface area contributed by atoms with Crippen LogP contribution >= 0.6 is 0 Å². The number of rotatable bonds is 6. The molecule has 1 aromatic rings. The molecular weight excluding hydrogens is 308 g/mol. The van der Waals surface area contributed by atoms with E-state index in [0.29, 0.717) is 5.56 Å². The number of hydrogen-bond acceptors (Lipinski definition) is 7. The zero-order valence-corrected chi connectivity index (χ0v) is 12.2. The number of carboxylic acid groups (broad SMARTS) is 1. The van der Waals surface area contributed by atoms with Crippen LogP contribution in [0.2, 0.25) is 0 Å². The Morgan fingerprint density at radius 2 is 1.78 bits per heavy atom. The van der Waals surface area contributed by atoms with E-state index in [1.807, 2.05) is 0 Å². The molecular formula is C15H20O8. The summed E-state index contributed by atoms with van der Waals surface area (Å²) >= 11 is 0. The summed E-state index contributed by atoms with van der Waals surface area (Å²) in [6, 6.07) is 8.75. The zero-order valence-electron chi connectivity index (χ0n) is 12.2. The van der Waals surface area contributed by atoms with Crippen molar-refractivity contribution in [3.63, 3.8) is 0 Å². The van der Waals surface area contributed by atoms with Crippen LogP contribution in [0.25, 0.3) is 0 Å². The van der Waals surface area contributed by atoms with Gasteiger partial charge in [0, 0.05) is 6.42 Å². The molecule has 0 unspecified atom stereocenters.